The standard InChI is InChI=1S/C10H19N2O/c1-2-10(13)9-12-6-3-11(4-7-12)5-8-12/h2-9H2,1H3/q+1. The Kier molecular flexibility index (Phi) is 2.39. The molecule has 0 aliphatic carbocycles. The van der Waals surface area contributed by atoms with Crippen molar-refractivity contribution in [2.75, 3.05) is 45.8 Å². The van der Waals surface area contributed by atoms with Gasteiger partial charge in [-0.3, -0.25) is 9.69 Å². The van der Waals surface area contributed by atoms with Gasteiger partial charge in [0.2, 0.25) is 0 Å². The van der Waals surface area contributed by atoms with Crippen LogP contribution in [0.1, 0.15) is 13.3 Å². The highest BCUT2D eigenvalue weighted by Gasteiger charge is 2.39. The molecule has 3 fully saturated rings. The number of piperazine rings is 3. The number of Topliss-reactive ketones (excluding diaryl/α,β-unsaturated/α-hetero) is 1. The summed E-state index contributed by atoms with van der Waals surface area (Å²) in [7, 11) is 0. The molecule has 3 aliphatic rings. The van der Waals surface area contributed by atoms with E-state index in [0.717, 1.165) is 11.0 Å². The molecule has 0 unspecified atom stereocenters. The van der Waals surface area contributed by atoms with Gasteiger partial charge in [0, 0.05) is 26.1 Å². The highest BCUT2D eigenvalue weighted by atomic mass is 16.1. The average molecular weight is 183 g/mol. The van der Waals surface area contributed by atoms with E-state index in [9.17, 15) is 4.79 Å². The van der Waals surface area contributed by atoms with Crippen LogP contribution in [-0.4, -0.2) is 61.0 Å². The van der Waals surface area contributed by atoms with Gasteiger partial charge in [0.15, 0.2) is 5.78 Å². The number of rotatable bonds is 3. The Morgan fingerprint density at radius 1 is 1.23 bits per heavy atom. The van der Waals surface area contributed by atoms with Crippen molar-refractivity contribution in [3.63, 3.8) is 0 Å². The smallest absolute Gasteiger partial charge is 0.186 e. The van der Waals surface area contributed by atoms with Gasteiger partial charge in [0.05, 0.1) is 19.6 Å². The minimum absolute atomic E-state index is 0.440. The van der Waals surface area contributed by atoms with Crippen molar-refractivity contribution in [1.82, 2.24) is 4.90 Å². The Bertz CT molecular complexity index is 193. The van der Waals surface area contributed by atoms with Crippen molar-refractivity contribution in [2.24, 2.45) is 0 Å². The summed E-state index contributed by atoms with van der Waals surface area (Å²) >= 11 is 0. The molecule has 0 aromatic heterocycles. The van der Waals surface area contributed by atoms with Crippen LogP contribution in [0.15, 0.2) is 0 Å². The number of carbonyl (C=O) groups excluding carboxylic acids is 1. The van der Waals surface area contributed by atoms with Gasteiger partial charge in [0.25, 0.3) is 0 Å². The Balaban J connectivity index is 1.98. The number of fused-ring (bicyclic) bond motifs is 3. The van der Waals surface area contributed by atoms with Crippen LogP contribution < -0.4 is 0 Å². The number of hydrogen-bond donors (Lipinski definition) is 0. The van der Waals surface area contributed by atoms with E-state index in [4.69, 9.17) is 0 Å². The molecule has 0 radical (unpaired) electrons. The van der Waals surface area contributed by atoms with Crippen LogP contribution in [0.2, 0.25) is 0 Å². The van der Waals surface area contributed by atoms with E-state index in [-0.39, 0.29) is 0 Å². The van der Waals surface area contributed by atoms with E-state index in [1.165, 1.54) is 39.3 Å². The molecular formula is C10H19N2O+. The lowest BCUT2D eigenvalue weighted by Crippen LogP contribution is -2.68. The predicted molar refractivity (Wildman–Crippen MR) is 51.5 cm³/mol. The van der Waals surface area contributed by atoms with Crippen LogP contribution in [0, 0.1) is 0 Å². The first-order valence-corrected chi connectivity index (χ1v) is 5.33. The Morgan fingerprint density at radius 3 is 2.23 bits per heavy atom. The van der Waals surface area contributed by atoms with Gasteiger partial charge in [-0.05, 0) is 0 Å². The maximum Gasteiger partial charge on any atom is 0.186 e. The topological polar surface area (TPSA) is 20.3 Å². The minimum atomic E-state index is 0.440. The summed E-state index contributed by atoms with van der Waals surface area (Å²) in [5.74, 6) is 0.440. The molecule has 0 N–H and O–H groups in total. The third-order valence-electron chi connectivity index (χ3n) is 3.58. The number of quaternary nitrogens is 1. The number of hydrogen-bond acceptors (Lipinski definition) is 2. The molecular weight excluding hydrogens is 164 g/mol. The average Bonchev–Trinajstić information content (AvgIpc) is 2.20. The van der Waals surface area contributed by atoms with E-state index in [1.807, 2.05) is 6.92 Å². The van der Waals surface area contributed by atoms with Crippen molar-refractivity contribution in [1.29, 1.82) is 0 Å². The van der Waals surface area contributed by atoms with E-state index in [1.54, 1.807) is 0 Å². The zero-order chi connectivity index (χ0) is 9.31. The van der Waals surface area contributed by atoms with Crippen LogP contribution in [0.4, 0.5) is 0 Å². The molecule has 74 valence electrons. The fourth-order valence-electron chi connectivity index (χ4n) is 2.45. The van der Waals surface area contributed by atoms with Gasteiger partial charge < -0.3 is 4.48 Å². The molecule has 3 heteroatoms. The summed E-state index contributed by atoms with van der Waals surface area (Å²) in [4.78, 5) is 13.9. The molecule has 3 rings (SSSR count). The van der Waals surface area contributed by atoms with Gasteiger partial charge in [-0.2, -0.15) is 0 Å². The maximum atomic E-state index is 11.4. The number of ketones is 1. The molecule has 0 saturated carbocycles. The van der Waals surface area contributed by atoms with E-state index >= 15 is 0 Å². The fourth-order valence-corrected chi connectivity index (χ4v) is 2.45. The van der Waals surface area contributed by atoms with Gasteiger partial charge >= 0.3 is 0 Å². The van der Waals surface area contributed by atoms with Crippen LogP contribution in [-0.2, 0) is 4.79 Å². The molecule has 2 bridgehead atoms. The van der Waals surface area contributed by atoms with Gasteiger partial charge in [-0.15, -0.1) is 0 Å². The number of carbonyl (C=O) groups is 1. The summed E-state index contributed by atoms with van der Waals surface area (Å²) in [5, 5.41) is 0. The monoisotopic (exact) mass is 183 g/mol. The lowest BCUT2D eigenvalue weighted by molar-refractivity contribution is -0.933. The molecule has 13 heavy (non-hydrogen) atoms. The first-order valence-electron chi connectivity index (χ1n) is 5.33. The van der Waals surface area contributed by atoms with Gasteiger partial charge in [0.1, 0.15) is 6.54 Å². The van der Waals surface area contributed by atoms with E-state index < -0.39 is 0 Å². The molecule has 3 saturated heterocycles. The van der Waals surface area contributed by atoms with E-state index in [0.29, 0.717) is 12.2 Å². The molecule has 3 aliphatic heterocycles. The lowest BCUT2D eigenvalue weighted by atomic mass is 10.1. The van der Waals surface area contributed by atoms with Crippen LogP contribution >= 0.6 is 0 Å². The van der Waals surface area contributed by atoms with E-state index in [2.05, 4.69) is 4.90 Å². The highest BCUT2D eigenvalue weighted by Crippen LogP contribution is 2.19. The van der Waals surface area contributed by atoms with Crippen molar-refractivity contribution in [3.8, 4) is 0 Å². The summed E-state index contributed by atoms with van der Waals surface area (Å²) in [5.41, 5.74) is 0. The second-order valence-electron chi connectivity index (χ2n) is 4.40. The Morgan fingerprint density at radius 2 is 1.77 bits per heavy atom. The quantitative estimate of drug-likeness (QED) is 0.579. The van der Waals surface area contributed by atoms with Crippen molar-refractivity contribution in [3.05, 3.63) is 0 Å². The molecule has 0 atom stereocenters. The molecule has 0 amide bonds. The first-order chi connectivity index (χ1) is 6.24. The number of nitrogens with zero attached hydrogens (tertiary/aromatic N) is 2. The second kappa shape index (κ2) is 3.39. The normalized spacial score (nSPS) is 37.8. The summed E-state index contributed by atoms with van der Waals surface area (Å²) in [6.45, 7) is 9.99. The molecule has 0 aromatic carbocycles. The molecule has 3 heterocycles. The molecule has 0 spiro atoms. The van der Waals surface area contributed by atoms with Crippen molar-refractivity contribution < 1.29 is 9.28 Å². The molecule has 3 nitrogen and oxygen atoms in total. The van der Waals surface area contributed by atoms with Crippen molar-refractivity contribution >= 4 is 5.78 Å². The minimum Gasteiger partial charge on any atom is -0.314 e. The second-order valence-corrected chi connectivity index (χ2v) is 4.40. The third-order valence-corrected chi connectivity index (χ3v) is 3.58. The van der Waals surface area contributed by atoms with Gasteiger partial charge in [-0.1, -0.05) is 6.92 Å². The van der Waals surface area contributed by atoms with Crippen LogP contribution in [0.25, 0.3) is 0 Å². The first kappa shape index (κ1) is 9.16. The fraction of sp³-hybridized carbons (Fsp3) is 0.900. The highest BCUT2D eigenvalue weighted by molar-refractivity contribution is 5.79. The van der Waals surface area contributed by atoms with Crippen molar-refractivity contribution in [2.45, 2.75) is 13.3 Å². The molecule has 0 aromatic rings. The largest absolute Gasteiger partial charge is 0.314 e. The Hall–Kier alpha value is -0.410. The SMILES string of the molecule is CCC(=O)C[N+]12CCN(CC1)CC2. The summed E-state index contributed by atoms with van der Waals surface area (Å²) in [6.07, 6.45) is 0.712. The third kappa shape index (κ3) is 1.76. The zero-order valence-electron chi connectivity index (χ0n) is 8.46. The zero-order valence-corrected chi connectivity index (χ0v) is 8.46. The van der Waals surface area contributed by atoms with Crippen LogP contribution in [0.3, 0.4) is 0 Å². The predicted octanol–water partition coefficient (Wildman–Crippen LogP) is 0.111. The summed E-state index contributed by atoms with van der Waals surface area (Å²) < 4.78 is 1.09. The van der Waals surface area contributed by atoms with Crippen LogP contribution in [0.5, 0.6) is 0 Å². The van der Waals surface area contributed by atoms with Gasteiger partial charge in [-0.25, -0.2) is 0 Å². The maximum absolute atomic E-state index is 11.4. The Labute approximate surface area is 79.9 Å². The lowest BCUT2D eigenvalue weighted by Gasteiger charge is -2.50. The summed E-state index contributed by atoms with van der Waals surface area (Å²) in [6, 6.07) is 0.